The normalized spacial score (nSPS) is 12.9. The van der Waals surface area contributed by atoms with Gasteiger partial charge >= 0.3 is 5.97 Å². The largest absolute Gasteiger partial charge is 0.480 e. The Morgan fingerprint density at radius 2 is 2.24 bits per heavy atom. The fourth-order valence-electron chi connectivity index (χ4n) is 1.49. The molecule has 0 aliphatic carbocycles. The van der Waals surface area contributed by atoms with Crippen LogP contribution in [0.1, 0.15) is 5.82 Å². The number of aliphatic carboxylic acids is 1. The third-order valence-corrected chi connectivity index (χ3v) is 2.28. The molecule has 0 bridgehead atoms. The summed E-state index contributed by atoms with van der Waals surface area (Å²) in [5.41, 5.74) is 5.46. The zero-order valence-corrected chi connectivity index (χ0v) is 8.58. The Hall–Kier alpha value is -2.02. The molecule has 0 aliphatic heterocycles. The summed E-state index contributed by atoms with van der Waals surface area (Å²) < 4.78 is 26.2. The van der Waals surface area contributed by atoms with Crippen molar-refractivity contribution in [3.63, 3.8) is 0 Å². The number of nitrogens with two attached hydrogens (primary N) is 1. The molecule has 0 fully saturated rings. The molecule has 1 aromatic heterocycles. The highest BCUT2D eigenvalue weighted by atomic mass is 19.1. The van der Waals surface area contributed by atoms with Gasteiger partial charge in [0.05, 0.1) is 5.52 Å². The van der Waals surface area contributed by atoms with E-state index in [4.69, 9.17) is 10.8 Å². The lowest BCUT2D eigenvalue weighted by atomic mass is 10.2. The summed E-state index contributed by atoms with van der Waals surface area (Å²) in [7, 11) is 0. The summed E-state index contributed by atoms with van der Waals surface area (Å²) in [6, 6.07) is 0.661. The highest BCUT2D eigenvalue weighted by molar-refractivity contribution is 5.76. The minimum atomic E-state index is -1.18. The van der Waals surface area contributed by atoms with E-state index in [-0.39, 0.29) is 23.3 Å². The van der Waals surface area contributed by atoms with E-state index in [2.05, 4.69) is 9.97 Å². The van der Waals surface area contributed by atoms with Gasteiger partial charge in [-0.2, -0.15) is 0 Å². The minimum absolute atomic E-state index is 0.0287. The molecular weight excluding hydrogens is 232 g/mol. The smallest absolute Gasteiger partial charge is 0.320 e. The molecule has 2 rings (SSSR count). The summed E-state index contributed by atoms with van der Waals surface area (Å²) in [5, 5.41) is 8.62. The maximum absolute atomic E-state index is 13.3. The number of halogens is 2. The number of imidazole rings is 1. The van der Waals surface area contributed by atoms with Gasteiger partial charge in [0.25, 0.3) is 0 Å². The zero-order chi connectivity index (χ0) is 12.6. The molecule has 1 heterocycles. The number of carboxylic acids is 1. The van der Waals surface area contributed by atoms with E-state index in [9.17, 15) is 13.6 Å². The van der Waals surface area contributed by atoms with Crippen LogP contribution in [0.15, 0.2) is 12.1 Å². The Morgan fingerprint density at radius 3 is 2.88 bits per heavy atom. The average molecular weight is 241 g/mol. The van der Waals surface area contributed by atoms with E-state index < -0.39 is 23.6 Å². The first-order valence-electron chi connectivity index (χ1n) is 4.79. The van der Waals surface area contributed by atoms with Crippen molar-refractivity contribution < 1.29 is 18.7 Å². The van der Waals surface area contributed by atoms with Crippen molar-refractivity contribution in [1.82, 2.24) is 9.97 Å². The van der Waals surface area contributed by atoms with Crippen molar-refractivity contribution in [2.45, 2.75) is 12.5 Å². The van der Waals surface area contributed by atoms with E-state index >= 15 is 0 Å². The first-order valence-corrected chi connectivity index (χ1v) is 4.79. The molecule has 90 valence electrons. The third kappa shape index (κ3) is 2.23. The molecular formula is C10H9F2N3O2. The van der Waals surface area contributed by atoms with E-state index in [1.807, 2.05) is 0 Å². The van der Waals surface area contributed by atoms with Gasteiger partial charge in [-0.1, -0.05) is 0 Å². The molecule has 4 N–H and O–H groups in total. The fraction of sp³-hybridized carbons (Fsp3) is 0.200. The Bertz CT molecular complexity index is 582. The van der Waals surface area contributed by atoms with Crippen LogP contribution >= 0.6 is 0 Å². The maximum Gasteiger partial charge on any atom is 0.320 e. The summed E-state index contributed by atoms with van der Waals surface area (Å²) >= 11 is 0. The lowest BCUT2D eigenvalue weighted by Crippen LogP contribution is -2.32. The number of nitrogens with zero attached hydrogens (tertiary/aromatic N) is 1. The lowest BCUT2D eigenvalue weighted by molar-refractivity contribution is -0.138. The van der Waals surface area contributed by atoms with Gasteiger partial charge < -0.3 is 15.8 Å². The number of H-pyrrole nitrogens is 1. The van der Waals surface area contributed by atoms with Gasteiger partial charge in [0, 0.05) is 12.5 Å². The molecule has 0 aliphatic rings. The van der Waals surface area contributed by atoms with Crippen molar-refractivity contribution >= 4 is 17.0 Å². The van der Waals surface area contributed by atoms with Crippen molar-refractivity contribution in [3.8, 4) is 0 Å². The van der Waals surface area contributed by atoms with Gasteiger partial charge in [0.2, 0.25) is 0 Å². The monoisotopic (exact) mass is 241 g/mol. The van der Waals surface area contributed by atoms with Crippen LogP contribution in [0.4, 0.5) is 8.78 Å². The van der Waals surface area contributed by atoms with Crippen LogP contribution in [0, 0.1) is 11.6 Å². The molecule has 0 saturated carbocycles. The van der Waals surface area contributed by atoms with Crippen LogP contribution in [0.5, 0.6) is 0 Å². The summed E-state index contributed by atoms with van der Waals surface area (Å²) in [6.45, 7) is 0. The van der Waals surface area contributed by atoms with Crippen molar-refractivity contribution in [2.24, 2.45) is 5.73 Å². The van der Waals surface area contributed by atoms with Crippen LogP contribution in [-0.4, -0.2) is 27.1 Å². The van der Waals surface area contributed by atoms with Crippen LogP contribution in [0.25, 0.3) is 11.0 Å². The quantitative estimate of drug-likeness (QED) is 0.741. The summed E-state index contributed by atoms with van der Waals surface area (Å²) in [4.78, 5) is 17.0. The fourth-order valence-corrected chi connectivity index (χ4v) is 1.49. The van der Waals surface area contributed by atoms with E-state index in [1.165, 1.54) is 0 Å². The SMILES string of the molecule is N[C@H](Cc1nc2c(F)cc(F)cc2[nH]1)C(=O)O. The van der Waals surface area contributed by atoms with E-state index in [1.54, 1.807) is 0 Å². The van der Waals surface area contributed by atoms with Crippen LogP contribution in [0.3, 0.4) is 0 Å². The number of hydrogen-bond donors (Lipinski definition) is 3. The van der Waals surface area contributed by atoms with Gasteiger partial charge in [0.15, 0.2) is 5.82 Å². The van der Waals surface area contributed by atoms with E-state index in [0.29, 0.717) is 6.07 Å². The highest BCUT2D eigenvalue weighted by Gasteiger charge is 2.16. The second-order valence-electron chi connectivity index (χ2n) is 3.62. The van der Waals surface area contributed by atoms with Crippen molar-refractivity contribution in [1.29, 1.82) is 0 Å². The van der Waals surface area contributed by atoms with Crippen molar-refractivity contribution in [3.05, 3.63) is 29.6 Å². The molecule has 0 unspecified atom stereocenters. The number of aromatic amines is 1. The first kappa shape index (κ1) is 11.5. The van der Waals surface area contributed by atoms with Gasteiger partial charge in [-0.3, -0.25) is 4.79 Å². The number of rotatable bonds is 3. The molecule has 0 saturated heterocycles. The number of carbonyl (C=O) groups is 1. The molecule has 1 atom stereocenters. The molecule has 0 radical (unpaired) electrons. The van der Waals surface area contributed by atoms with Gasteiger partial charge in [-0.25, -0.2) is 13.8 Å². The predicted octanol–water partition coefficient (Wildman–Crippen LogP) is 0.796. The zero-order valence-electron chi connectivity index (χ0n) is 8.58. The Kier molecular flexibility index (Phi) is 2.76. The average Bonchev–Trinajstić information content (AvgIpc) is 2.60. The van der Waals surface area contributed by atoms with Crippen LogP contribution in [0.2, 0.25) is 0 Å². The maximum atomic E-state index is 13.3. The summed E-state index contributed by atoms with van der Waals surface area (Å²) in [5.74, 6) is -2.50. The highest BCUT2D eigenvalue weighted by Crippen LogP contribution is 2.17. The number of aromatic nitrogens is 2. The molecule has 5 nitrogen and oxygen atoms in total. The molecule has 17 heavy (non-hydrogen) atoms. The van der Waals surface area contributed by atoms with Crippen LogP contribution < -0.4 is 5.73 Å². The van der Waals surface area contributed by atoms with Crippen LogP contribution in [-0.2, 0) is 11.2 Å². The number of nitrogens with one attached hydrogen (secondary N) is 1. The number of fused-ring (bicyclic) bond motifs is 1. The lowest BCUT2D eigenvalue weighted by Gasteiger charge is -2.01. The topological polar surface area (TPSA) is 92.0 Å². The van der Waals surface area contributed by atoms with E-state index in [0.717, 1.165) is 6.07 Å². The van der Waals surface area contributed by atoms with Gasteiger partial charge in [-0.05, 0) is 6.07 Å². The first-order chi connectivity index (χ1) is 7.97. The number of carboxylic acid groups (broad SMARTS) is 1. The second kappa shape index (κ2) is 4.10. The molecule has 2 aromatic rings. The number of hydrogen-bond acceptors (Lipinski definition) is 3. The Morgan fingerprint density at radius 1 is 1.53 bits per heavy atom. The standard InChI is InChI=1S/C10H9F2N3O2/c11-4-1-5(12)9-7(2-4)14-8(15-9)3-6(13)10(16)17/h1-2,6H,3,13H2,(H,14,15)(H,16,17)/t6-/m1/s1. The summed E-state index contributed by atoms with van der Waals surface area (Å²) in [6.07, 6.45) is -0.0783. The number of benzene rings is 1. The Balaban J connectivity index is 2.38. The van der Waals surface area contributed by atoms with Crippen molar-refractivity contribution in [2.75, 3.05) is 0 Å². The second-order valence-corrected chi connectivity index (χ2v) is 3.62. The molecule has 1 aromatic carbocycles. The molecule has 0 spiro atoms. The predicted molar refractivity (Wildman–Crippen MR) is 55.3 cm³/mol. The molecule has 7 heteroatoms. The third-order valence-electron chi connectivity index (χ3n) is 2.28. The van der Waals surface area contributed by atoms with Gasteiger partial charge in [0.1, 0.15) is 23.2 Å². The Labute approximate surface area is 94.3 Å². The molecule has 0 amide bonds. The van der Waals surface area contributed by atoms with Gasteiger partial charge in [-0.15, -0.1) is 0 Å². The minimum Gasteiger partial charge on any atom is -0.480 e.